The van der Waals surface area contributed by atoms with Crippen LogP contribution in [0.25, 0.3) is 6.08 Å². The van der Waals surface area contributed by atoms with E-state index in [1.165, 1.54) is 13.2 Å². The highest BCUT2D eigenvalue weighted by atomic mass is 35.5. The molecule has 0 spiro atoms. The normalized spacial score (nSPS) is 11.0. The van der Waals surface area contributed by atoms with Crippen molar-refractivity contribution in [2.75, 3.05) is 7.11 Å². The molecule has 0 atom stereocenters. The maximum absolute atomic E-state index is 12.4. The van der Waals surface area contributed by atoms with E-state index in [1.807, 2.05) is 38.1 Å². The summed E-state index contributed by atoms with van der Waals surface area (Å²) >= 11 is 6.18. The largest absolute Gasteiger partial charge is 0.496 e. The standard InChI is InChI=1S/C23H21ClO4/c1-15-12-19(13-16(2)23(15)24)27-14-18-9-8-17(28-18)10-11-21(25)20-6-4-5-7-22(20)26-3/h4-13H,14H2,1-3H3/b11-10+. The number of carbonyl (C=O) groups is 1. The predicted molar refractivity (Wildman–Crippen MR) is 110 cm³/mol. The summed E-state index contributed by atoms with van der Waals surface area (Å²) in [6.45, 7) is 4.17. The number of hydrogen-bond acceptors (Lipinski definition) is 4. The van der Waals surface area contributed by atoms with Gasteiger partial charge in [-0.05, 0) is 73.5 Å². The van der Waals surface area contributed by atoms with Gasteiger partial charge in [-0.3, -0.25) is 4.79 Å². The summed E-state index contributed by atoms with van der Waals surface area (Å²) in [6, 6.07) is 14.5. The summed E-state index contributed by atoms with van der Waals surface area (Å²) in [5, 5.41) is 0.748. The highest BCUT2D eigenvalue weighted by molar-refractivity contribution is 6.32. The number of allylic oxidation sites excluding steroid dienone is 1. The van der Waals surface area contributed by atoms with E-state index in [2.05, 4.69) is 0 Å². The fourth-order valence-corrected chi connectivity index (χ4v) is 2.91. The van der Waals surface area contributed by atoms with Crippen LogP contribution in [0.1, 0.15) is 33.0 Å². The molecule has 2 aromatic carbocycles. The molecule has 0 saturated carbocycles. The van der Waals surface area contributed by atoms with Crippen LogP contribution in [0, 0.1) is 13.8 Å². The van der Waals surface area contributed by atoms with E-state index in [4.69, 9.17) is 25.5 Å². The second-order valence-corrected chi connectivity index (χ2v) is 6.74. The van der Waals surface area contributed by atoms with Crippen molar-refractivity contribution in [3.8, 4) is 11.5 Å². The monoisotopic (exact) mass is 396 g/mol. The van der Waals surface area contributed by atoms with Crippen LogP contribution in [-0.4, -0.2) is 12.9 Å². The van der Waals surface area contributed by atoms with Crippen molar-refractivity contribution in [3.63, 3.8) is 0 Å². The molecule has 3 aromatic rings. The smallest absolute Gasteiger partial charge is 0.189 e. The molecule has 0 saturated heterocycles. The van der Waals surface area contributed by atoms with E-state index in [1.54, 1.807) is 30.3 Å². The van der Waals surface area contributed by atoms with Crippen molar-refractivity contribution < 1.29 is 18.7 Å². The summed E-state index contributed by atoms with van der Waals surface area (Å²) < 4.78 is 16.7. The minimum absolute atomic E-state index is 0.154. The van der Waals surface area contributed by atoms with Crippen molar-refractivity contribution in [1.82, 2.24) is 0 Å². The molecular weight excluding hydrogens is 376 g/mol. The van der Waals surface area contributed by atoms with Gasteiger partial charge in [-0.2, -0.15) is 0 Å². The molecule has 0 fully saturated rings. The van der Waals surface area contributed by atoms with Crippen LogP contribution in [0.15, 0.2) is 59.0 Å². The van der Waals surface area contributed by atoms with Gasteiger partial charge >= 0.3 is 0 Å². The molecule has 4 nitrogen and oxygen atoms in total. The van der Waals surface area contributed by atoms with Gasteiger partial charge in [0.15, 0.2) is 5.78 Å². The zero-order valence-electron chi connectivity index (χ0n) is 16.0. The Morgan fingerprint density at radius 1 is 1.11 bits per heavy atom. The van der Waals surface area contributed by atoms with E-state index in [0.29, 0.717) is 22.8 Å². The molecule has 0 radical (unpaired) electrons. The third-order valence-electron chi connectivity index (χ3n) is 4.24. The number of ether oxygens (including phenoxy) is 2. The number of rotatable bonds is 7. The molecule has 5 heteroatoms. The zero-order valence-corrected chi connectivity index (χ0v) is 16.7. The zero-order chi connectivity index (χ0) is 20.1. The van der Waals surface area contributed by atoms with E-state index in [9.17, 15) is 4.79 Å². The number of para-hydroxylation sites is 1. The molecule has 3 rings (SSSR count). The summed E-state index contributed by atoms with van der Waals surface area (Å²) in [5.74, 6) is 2.36. The highest BCUT2D eigenvalue weighted by Crippen LogP contribution is 2.26. The number of benzene rings is 2. The molecule has 1 heterocycles. The Balaban J connectivity index is 1.64. The predicted octanol–water partition coefficient (Wildman–Crippen LogP) is 6.03. The molecule has 0 unspecified atom stereocenters. The lowest BCUT2D eigenvalue weighted by Gasteiger charge is -2.08. The number of ketones is 1. The quantitative estimate of drug-likeness (QED) is 0.361. The number of methoxy groups -OCH3 is 1. The van der Waals surface area contributed by atoms with E-state index >= 15 is 0 Å². The molecule has 144 valence electrons. The summed E-state index contributed by atoms with van der Waals surface area (Å²) in [7, 11) is 1.54. The van der Waals surface area contributed by atoms with Gasteiger partial charge in [0, 0.05) is 5.02 Å². The summed E-state index contributed by atoms with van der Waals surface area (Å²) in [5.41, 5.74) is 2.44. The van der Waals surface area contributed by atoms with Crippen molar-refractivity contribution in [3.05, 3.63) is 87.8 Å². The second kappa shape index (κ2) is 8.81. The van der Waals surface area contributed by atoms with Crippen LogP contribution in [-0.2, 0) is 6.61 Å². The topological polar surface area (TPSA) is 48.7 Å². The fraction of sp³-hybridized carbons (Fsp3) is 0.174. The average molecular weight is 397 g/mol. The Morgan fingerprint density at radius 3 is 2.54 bits per heavy atom. The van der Waals surface area contributed by atoms with Crippen molar-refractivity contribution in [1.29, 1.82) is 0 Å². The molecular formula is C23H21ClO4. The maximum atomic E-state index is 12.4. The van der Waals surface area contributed by atoms with Crippen molar-refractivity contribution in [2.45, 2.75) is 20.5 Å². The van der Waals surface area contributed by atoms with E-state index in [0.717, 1.165) is 21.9 Å². The molecule has 1 aromatic heterocycles. The summed E-state index contributed by atoms with van der Waals surface area (Å²) in [4.78, 5) is 12.4. The number of carbonyl (C=O) groups excluding carboxylic acids is 1. The van der Waals surface area contributed by atoms with Crippen LogP contribution in [0.4, 0.5) is 0 Å². The SMILES string of the molecule is COc1ccccc1C(=O)/C=C/c1ccc(COc2cc(C)c(Cl)c(C)c2)o1. The molecule has 0 N–H and O–H groups in total. The average Bonchev–Trinajstić information content (AvgIpc) is 3.16. The van der Waals surface area contributed by atoms with Gasteiger partial charge in [-0.1, -0.05) is 23.7 Å². The first-order valence-electron chi connectivity index (χ1n) is 8.81. The van der Waals surface area contributed by atoms with Gasteiger partial charge in [-0.25, -0.2) is 0 Å². The first-order valence-corrected chi connectivity index (χ1v) is 9.19. The molecule has 0 aliphatic rings. The molecule has 28 heavy (non-hydrogen) atoms. The van der Waals surface area contributed by atoms with E-state index < -0.39 is 0 Å². The Bertz CT molecular complexity index is 994. The minimum atomic E-state index is -0.154. The number of hydrogen-bond donors (Lipinski definition) is 0. The van der Waals surface area contributed by atoms with Gasteiger partial charge in [0.2, 0.25) is 0 Å². The minimum Gasteiger partial charge on any atom is -0.496 e. The lowest BCUT2D eigenvalue weighted by molar-refractivity contribution is 0.104. The summed E-state index contributed by atoms with van der Waals surface area (Å²) in [6.07, 6.45) is 3.10. The Hall–Kier alpha value is -2.98. The van der Waals surface area contributed by atoms with Crippen molar-refractivity contribution in [2.24, 2.45) is 0 Å². The first-order chi connectivity index (χ1) is 13.5. The molecule has 0 bridgehead atoms. The number of halogens is 1. The number of furan rings is 1. The van der Waals surface area contributed by atoms with Gasteiger partial charge in [-0.15, -0.1) is 0 Å². The lowest BCUT2D eigenvalue weighted by Crippen LogP contribution is -1.98. The number of aryl methyl sites for hydroxylation is 2. The maximum Gasteiger partial charge on any atom is 0.189 e. The fourth-order valence-electron chi connectivity index (χ4n) is 2.80. The molecule has 0 aliphatic carbocycles. The van der Waals surface area contributed by atoms with Crippen LogP contribution >= 0.6 is 11.6 Å². The Kier molecular flexibility index (Phi) is 6.22. The lowest BCUT2D eigenvalue weighted by atomic mass is 10.1. The van der Waals surface area contributed by atoms with Crippen LogP contribution in [0.2, 0.25) is 5.02 Å². The van der Waals surface area contributed by atoms with Crippen LogP contribution < -0.4 is 9.47 Å². The van der Waals surface area contributed by atoms with Gasteiger partial charge in [0.1, 0.15) is 29.6 Å². The van der Waals surface area contributed by atoms with Gasteiger partial charge in [0.25, 0.3) is 0 Å². The highest BCUT2D eigenvalue weighted by Gasteiger charge is 2.09. The van der Waals surface area contributed by atoms with Gasteiger partial charge < -0.3 is 13.9 Å². The van der Waals surface area contributed by atoms with Crippen LogP contribution in [0.5, 0.6) is 11.5 Å². The first kappa shape index (κ1) is 19.8. The second-order valence-electron chi connectivity index (χ2n) is 6.36. The Morgan fingerprint density at radius 2 is 1.82 bits per heavy atom. The third-order valence-corrected chi connectivity index (χ3v) is 4.84. The van der Waals surface area contributed by atoms with Gasteiger partial charge in [0.05, 0.1) is 12.7 Å². The van der Waals surface area contributed by atoms with E-state index in [-0.39, 0.29) is 12.4 Å². The van der Waals surface area contributed by atoms with Crippen molar-refractivity contribution >= 4 is 23.5 Å². The third kappa shape index (κ3) is 4.65. The Labute approximate surface area is 169 Å². The molecule has 0 amide bonds. The molecule has 0 aliphatic heterocycles. The van der Waals surface area contributed by atoms with Crippen LogP contribution in [0.3, 0.4) is 0 Å².